The molecule has 0 unspecified atom stereocenters. The molecule has 14 nitrogen and oxygen atoms in total. The molecule has 350 valence electrons. The summed E-state index contributed by atoms with van der Waals surface area (Å²) in [5.41, 5.74) is 12.0. The summed E-state index contributed by atoms with van der Waals surface area (Å²) >= 11 is 0. The number of carbonyl (C=O) groups is 5. The number of aromatic nitrogens is 1. The fourth-order valence-corrected chi connectivity index (χ4v) is 10.6. The minimum Gasteiger partial charge on any atom is -0.508 e. The van der Waals surface area contributed by atoms with E-state index >= 15 is 0 Å². The number of nitrogens with zero attached hydrogens (tertiary/aromatic N) is 5. The van der Waals surface area contributed by atoms with E-state index in [-0.39, 0.29) is 43.1 Å². The molecule has 1 aromatic heterocycles. The van der Waals surface area contributed by atoms with Crippen LogP contribution in [-0.4, -0.2) is 117 Å². The van der Waals surface area contributed by atoms with Gasteiger partial charge in [0.25, 0.3) is 5.91 Å². The van der Waals surface area contributed by atoms with E-state index < -0.39 is 47.2 Å². The number of rotatable bonds is 8. The van der Waals surface area contributed by atoms with Gasteiger partial charge in [0.1, 0.15) is 23.9 Å². The largest absolute Gasteiger partial charge is 0.508 e. The number of phenols is 1. The molecule has 4 aromatic rings. The highest BCUT2D eigenvalue weighted by Gasteiger charge is 2.40. The molecule has 0 spiro atoms. The van der Waals surface area contributed by atoms with Crippen LogP contribution in [0.1, 0.15) is 76.1 Å². The number of fused-ring (bicyclic) bond motifs is 7. The zero-order valence-electron chi connectivity index (χ0n) is 39.5. The predicted molar refractivity (Wildman–Crippen MR) is 254 cm³/mol. The Morgan fingerprint density at radius 3 is 2.50 bits per heavy atom. The number of hydrazine groups is 1. The Balaban J connectivity index is 1.18. The van der Waals surface area contributed by atoms with Crippen LogP contribution >= 0.6 is 0 Å². The number of amides is 4. The van der Waals surface area contributed by atoms with Gasteiger partial charge in [0.2, 0.25) is 17.7 Å². The van der Waals surface area contributed by atoms with Gasteiger partial charge in [-0.05, 0) is 121 Å². The van der Waals surface area contributed by atoms with Crippen LogP contribution in [-0.2, 0) is 61.2 Å². The number of hydrogen-bond donors (Lipinski definition) is 3. The Morgan fingerprint density at radius 1 is 1.00 bits per heavy atom. The lowest BCUT2D eigenvalue weighted by molar-refractivity contribution is -0.155. The van der Waals surface area contributed by atoms with Crippen LogP contribution in [0, 0.1) is 17.3 Å². The van der Waals surface area contributed by atoms with E-state index in [0.717, 1.165) is 58.5 Å². The van der Waals surface area contributed by atoms with Gasteiger partial charge >= 0.3 is 5.97 Å². The van der Waals surface area contributed by atoms with Crippen LogP contribution in [0.2, 0.25) is 0 Å². The first kappa shape index (κ1) is 46.5. The summed E-state index contributed by atoms with van der Waals surface area (Å²) in [6, 6.07) is 15.5. The first-order valence-corrected chi connectivity index (χ1v) is 23.5. The maximum absolute atomic E-state index is 14.7. The monoisotopic (exact) mass is 899 g/mol. The first-order valence-electron chi connectivity index (χ1n) is 23.5. The van der Waals surface area contributed by atoms with Crippen LogP contribution in [0.25, 0.3) is 33.3 Å². The fourth-order valence-electron chi connectivity index (χ4n) is 10.6. The second kappa shape index (κ2) is 18.7. The van der Waals surface area contributed by atoms with Gasteiger partial charge in [0, 0.05) is 69.1 Å². The van der Waals surface area contributed by atoms with Crippen molar-refractivity contribution in [2.75, 3.05) is 40.3 Å². The van der Waals surface area contributed by atoms with Crippen molar-refractivity contribution in [2.24, 2.45) is 17.3 Å². The number of cyclic esters (lactones) is 1. The summed E-state index contributed by atoms with van der Waals surface area (Å²) in [7, 11) is 3.73. The van der Waals surface area contributed by atoms with Gasteiger partial charge in [-0.2, -0.15) is 0 Å². The summed E-state index contributed by atoms with van der Waals surface area (Å²) in [5, 5.41) is 16.8. The van der Waals surface area contributed by atoms with Crippen molar-refractivity contribution in [3.63, 3.8) is 0 Å². The van der Waals surface area contributed by atoms with Gasteiger partial charge in [0.15, 0.2) is 0 Å². The molecule has 4 atom stereocenters. The van der Waals surface area contributed by atoms with Gasteiger partial charge in [-0.3, -0.25) is 33.9 Å². The maximum Gasteiger partial charge on any atom is 0.324 e. The Bertz CT molecular complexity index is 2580. The van der Waals surface area contributed by atoms with E-state index in [1.165, 1.54) is 27.1 Å². The van der Waals surface area contributed by atoms with Gasteiger partial charge in [-0.25, -0.2) is 5.43 Å². The summed E-state index contributed by atoms with van der Waals surface area (Å²) < 4.78 is 8.49. The highest BCUT2D eigenvalue weighted by molar-refractivity contribution is 5.96. The number of likely N-dealkylation sites (tertiary alicyclic amines) is 1. The van der Waals surface area contributed by atoms with Crippen LogP contribution in [0.3, 0.4) is 0 Å². The van der Waals surface area contributed by atoms with Gasteiger partial charge in [-0.1, -0.05) is 58.5 Å². The molecule has 2 fully saturated rings. The Hall–Kier alpha value is -5.99. The molecule has 0 aliphatic carbocycles. The normalized spacial score (nSPS) is 21.6. The number of benzene rings is 3. The first-order chi connectivity index (χ1) is 31.4. The summed E-state index contributed by atoms with van der Waals surface area (Å²) in [6.45, 7) is 17.3. The molecule has 0 radical (unpaired) electrons. The van der Waals surface area contributed by atoms with Crippen LogP contribution in [0.4, 0.5) is 0 Å². The fraction of sp³-hybridized carbons (Fsp3) is 0.481. The zero-order valence-corrected chi connectivity index (χ0v) is 39.5. The van der Waals surface area contributed by atoms with Crippen molar-refractivity contribution in [1.82, 2.24) is 35.0 Å². The number of aromatic hydroxyl groups is 1. The lowest BCUT2D eigenvalue weighted by atomic mass is 9.84. The SMILES string of the molecule is C=CC(=O)N1CC[C@H](C(=O)N(C)[C@H](C(=O)N[C@H]2Cc3cc(O)cc(c3)-c3ccc4c(c3)c(c(-c3ccc5c(c3)CN(C)C5)n4CC)CC(C)(C)COC(=O)[C@@H]3CCCN(N3)C2=O)C(C)C)C1. The number of likely N-dealkylation sites (N-methyl/N-ethyl adjacent to an activating group) is 1. The molecular weight excluding hydrogens is 835 g/mol. The maximum atomic E-state index is 14.7. The molecule has 14 heteroatoms. The van der Waals surface area contributed by atoms with Crippen molar-refractivity contribution in [3.05, 3.63) is 89.5 Å². The van der Waals surface area contributed by atoms with Crippen LogP contribution in [0.5, 0.6) is 5.75 Å². The van der Waals surface area contributed by atoms with Crippen LogP contribution in [0.15, 0.2) is 67.3 Å². The number of phenolic OH excluding ortho intramolecular Hbond substituents is 1. The molecule has 6 bridgehead atoms. The number of nitrogens with one attached hydrogen (secondary N) is 2. The summed E-state index contributed by atoms with van der Waals surface area (Å²) in [4.78, 5) is 74.7. The molecule has 4 amide bonds. The van der Waals surface area contributed by atoms with E-state index in [1.54, 1.807) is 24.1 Å². The molecular formula is C52H65N7O7. The van der Waals surface area contributed by atoms with E-state index in [2.05, 4.69) is 91.0 Å². The third kappa shape index (κ3) is 9.35. The molecule has 3 aromatic carbocycles. The highest BCUT2D eigenvalue weighted by atomic mass is 16.5. The van der Waals surface area contributed by atoms with E-state index in [9.17, 15) is 29.1 Å². The number of carbonyl (C=O) groups excluding carboxylic acids is 5. The number of esters is 1. The Labute approximate surface area is 387 Å². The third-order valence-electron chi connectivity index (χ3n) is 13.9. The third-order valence-corrected chi connectivity index (χ3v) is 13.9. The van der Waals surface area contributed by atoms with Gasteiger partial charge < -0.3 is 29.5 Å². The van der Waals surface area contributed by atoms with E-state index in [4.69, 9.17) is 4.74 Å². The van der Waals surface area contributed by atoms with Crippen LogP contribution < -0.4 is 10.7 Å². The number of ether oxygens (including phenoxy) is 1. The molecule has 4 aliphatic rings. The van der Waals surface area contributed by atoms with Crippen molar-refractivity contribution >= 4 is 40.5 Å². The Kier molecular flexibility index (Phi) is 13.2. The molecule has 2 saturated heterocycles. The highest BCUT2D eigenvalue weighted by Crippen LogP contribution is 2.41. The standard InChI is InChI=1S/C52H65N7O7/c1-9-45(61)57-19-17-36(29-57)49(63)56(8)46(31(3)4)48(62)53-43-22-32-20-37(24-39(60)21-32)33-15-16-44-40(25-33)41(47(58(44)10-2)34-13-14-35-27-55(7)28-38(35)23-34)26-52(5,6)30-66-51(65)42-12-11-18-59(54-42)50(43)64/h9,13-16,20-21,23-25,31,36,42-43,46,54,60H,1,10-12,17-19,22,26-30H2,2-8H3,(H,53,62)/t36-,42-,43-,46-/m0/s1. The Morgan fingerprint density at radius 2 is 1.76 bits per heavy atom. The summed E-state index contributed by atoms with van der Waals surface area (Å²) in [5.74, 6) is -2.76. The predicted octanol–water partition coefficient (Wildman–Crippen LogP) is 5.81. The molecule has 66 heavy (non-hydrogen) atoms. The van der Waals surface area contributed by atoms with Crippen molar-refractivity contribution in [2.45, 2.75) is 104 Å². The molecule has 4 aliphatic heterocycles. The van der Waals surface area contributed by atoms with E-state index in [0.29, 0.717) is 44.3 Å². The minimum atomic E-state index is -1.15. The van der Waals surface area contributed by atoms with Crippen molar-refractivity contribution < 1.29 is 33.8 Å². The average Bonchev–Trinajstić information content (AvgIpc) is 4.01. The molecule has 8 rings (SSSR count). The quantitative estimate of drug-likeness (QED) is 0.147. The van der Waals surface area contributed by atoms with Gasteiger partial charge in [-0.15, -0.1) is 0 Å². The van der Waals surface area contributed by atoms with E-state index in [1.807, 2.05) is 19.9 Å². The molecule has 0 saturated carbocycles. The topological polar surface area (TPSA) is 157 Å². The average molecular weight is 900 g/mol. The minimum absolute atomic E-state index is 0.00849. The van der Waals surface area contributed by atoms with Crippen molar-refractivity contribution in [3.8, 4) is 28.1 Å². The summed E-state index contributed by atoms with van der Waals surface area (Å²) in [6.07, 6.45) is 3.30. The second-order valence-corrected chi connectivity index (χ2v) is 20.0. The number of hydrogen-bond acceptors (Lipinski definition) is 9. The lowest BCUT2D eigenvalue weighted by Gasteiger charge is -2.37. The van der Waals surface area contributed by atoms with Crippen molar-refractivity contribution in [1.29, 1.82) is 0 Å². The zero-order chi connectivity index (χ0) is 47.2. The van der Waals surface area contributed by atoms with Gasteiger partial charge in [0.05, 0.1) is 18.2 Å². The molecule has 3 N–H and O–H groups in total. The lowest BCUT2D eigenvalue weighted by Crippen LogP contribution is -2.62. The number of aryl methyl sites for hydroxylation is 1. The molecule has 5 heterocycles. The second-order valence-electron chi connectivity index (χ2n) is 20.0. The smallest absolute Gasteiger partial charge is 0.324 e.